The van der Waals surface area contributed by atoms with Crippen LogP contribution in [0.25, 0.3) is 0 Å². The van der Waals surface area contributed by atoms with Crippen LogP contribution < -0.4 is 19.5 Å². The van der Waals surface area contributed by atoms with Crippen LogP contribution >= 0.6 is 0 Å². The van der Waals surface area contributed by atoms with Gasteiger partial charge in [-0.3, -0.25) is 4.79 Å². The summed E-state index contributed by atoms with van der Waals surface area (Å²) >= 11 is 0. The van der Waals surface area contributed by atoms with Crippen LogP contribution in [0.1, 0.15) is 43.1 Å². The van der Waals surface area contributed by atoms with Crippen molar-refractivity contribution in [3.8, 4) is 17.2 Å². The molecule has 0 spiro atoms. The van der Waals surface area contributed by atoms with Crippen LogP contribution in [0, 0.1) is 5.82 Å². The number of anilines is 2. The number of carbonyl (C=O) groups is 1. The van der Waals surface area contributed by atoms with Crippen molar-refractivity contribution < 1.29 is 23.4 Å². The van der Waals surface area contributed by atoms with Crippen molar-refractivity contribution in [3.63, 3.8) is 0 Å². The van der Waals surface area contributed by atoms with Crippen LogP contribution in [0.3, 0.4) is 0 Å². The quantitative estimate of drug-likeness (QED) is 0.303. The molecule has 0 aliphatic rings. The Balaban J connectivity index is 1.55. The first-order valence-electron chi connectivity index (χ1n) is 12.0. The Hall–Kier alpha value is -3.72. The molecule has 2 aromatic carbocycles. The Bertz CT molecular complexity index is 1120. The summed E-state index contributed by atoms with van der Waals surface area (Å²) in [7, 11) is 1.36. The summed E-state index contributed by atoms with van der Waals surface area (Å²) < 4.78 is 31.1. The van der Waals surface area contributed by atoms with E-state index in [1.807, 2.05) is 24.3 Å². The van der Waals surface area contributed by atoms with Gasteiger partial charge >= 0.3 is 0 Å². The van der Waals surface area contributed by atoms with Crippen LogP contribution in [-0.4, -0.2) is 54.0 Å². The molecule has 192 valence electrons. The average Bonchev–Trinajstić information content (AvgIpc) is 2.91. The predicted octanol–water partition coefficient (Wildman–Crippen LogP) is 5.26. The molecule has 0 aliphatic heterocycles. The first-order valence-corrected chi connectivity index (χ1v) is 12.0. The molecule has 0 bridgehead atoms. The van der Waals surface area contributed by atoms with Gasteiger partial charge in [0.15, 0.2) is 23.1 Å². The van der Waals surface area contributed by atoms with Crippen LogP contribution in [-0.2, 0) is 6.61 Å². The summed E-state index contributed by atoms with van der Waals surface area (Å²) in [6.45, 7) is 9.45. The monoisotopic (exact) mass is 496 g/mol. The van der Waals surface area contributed by atoms with E-state index in [4.69, 9.17) is 14.2 Å². The van der Waals surface area contributed by atoms with Gasteiger partial charge in [0.2, 0.25) is 5.95 Å². The lowest BCUT2D eigenvalue weighted by Crippen LogP contribution is -2.27. The number of methoxy groups -OCH3 is 1. The fourth-order valence-electron chi connectivity index (χ4n) is 3.49. The van der Waals surface area contributed by atoms with E-state index >= 15 is 0 Å². The number of hydrogen-bond acceptors (Lipinski definition) is 8. The molecule has 0 fully saturated rings. The van der Waals surface area contributed by atoms with E-state index in [1.54, 1.807) is 6.92 Å². The molecule has 1 heterocycles. The average molecular weight is 497 g/mol. The Labute approximate surface area is 211 Å². The summed E-state index contributed by atoms with van der Waals surface area (Å²) in [6.07, 6.45) is 3.30. The topological polar surface area (TPSA) is 85.8 Å². The zero-order valence-corrected chi connectivity index (χ0v) is 21.2. The minimum absolute atomic E-state index is 0.00371. The van der Waals surface area contributed by atoms with E-state index < -0.39 is 5.82 Å². The molecule has 3 rings (SSSR count). The maximum absolute atomic E-state index is 14.6. The first kappa shape index (κ1) is 26.9. The lowest BCUT2D eigenvalue weighted by atomic mass is 10.0. The molecule has 36 heavy (non-hydrogen) atoms. The third kappa shape index (κ3) is 7.39. The van der Waals surface area contributed by atoms with E-state index in [2.05, 4.69) is 34.0 Å². The molecule has 8 nitrogen and oxygen atoms in total. The van der Waals surface area contributed by atoms with Crippen LogP contribution in [0.4, 0.5) is 16.0 Å². The van der Waals surface area contributed by atoms with Gasteiger partial charge in [-0.25, -0.2) is 14.4 Å². The lowest BCUT2D eigenvalue weighted by Gasteiger charge is -2.18. The number of Topliss-reactive ketones (excluding diaryl/α,β-unsaturated/α-hetero) is 1. The normalized spacial score (nSPS) is 10.8. The largest absolute Gasteiger partial charge is 0.494 e. The van der Waals surface area contributed by atoms with Crippen molar-refractivity contribution in [1.29, 1.82) is 0 Å². The second-order valence-electron chi connectivity index (χ2n) is 7.98. The van der Waals surface area contributed by atoms with Crippen molar-refractivity contribution >= 4 is 17.4 Å². The highest BCUT2D eigenvalue weighted by Crippen LogP contribution is 2.25. The Morgan fingerprint density at radius 2 is 1.69 bits per heavy atom. The van der Waals surface area contributed by atoms with E-state index in [0.717, 1.165) is 31.1 Å². The van der Waals surface area contributed by atoms with Gasteiger partial charge in [-0.2, -0.15) is 0 Å². The Morgan fingerprint density at radius 3 is 2.31 bits per heavy atom. The number of aromatic nitrogens is 2. The van der Waals surface area contributed by atoms with Crippen molar-refractivity contribution in [2.75, 3.05) is 38.7 Å². The molecular weight excluding hydrogens is 463 g/mol. The number of nitrogens with one attached hydrogen (secondary N) is 1. The predicted molar refractivity (Wildman–Crippen MR) is 137 cm³/mol. The number of ether oxygens (including phenoxy) is 3. The fraction of sp³-hybridized carbons (Fsp3) is 0.370. The van der Waals surface area contributed by atoms with Gasteiger partial charge in [-0.05, 0) is 49.5 Å². The van der Waals surface area contributed by atoms with Crippen molar-refractivity contribution in [2.24, 2.45) is 0 Å². The van der Waals surface area contributed by atoms with E-state index in [0.29, 0.717) is 30.3 Å². The standard InChI is InChI=1S/C27H33FN4O4/c1-5-24(33)19-14-20(26(28)25(15-19)34-4)18-36-23-16-29-27(30-17-23)31-21-8-10-22(11-9-21)35-13-12-32(6-2)7-3/h8-11,14-17H,5-7,12-13,18H2,1-4H3,(H,29,30,31). The summed E-state index contributed by atoms with van der Waals surface area (Å²) in [4.78, 5) is 22.9. The van der Waals surface area contributed by atoms with E-state index in [1.165, 1.54) is 31.6 Å². The highest BCUT2D eigenvalue weighted by molar-refractivity contribution is 5.96. The molecule has 0 aliphatic carbocycles. The zero-order chi connectivity index (χ0) is 25.9. The number of hydrogen-bond donors (Lipinski definition) is 1. The number of halogens is 1. The van der Waals surface area contributed by atoms with Crippen LogP contribution in [0.5, 0.6) is 17.2 Å². The number of nitrogens with zero attached hydrogens (tertiary/aromatic N) is 3. The number of rotatable bonds is 14. The Kier molecular flexibility index (Phi) is 10.00. The lowest BCUT2D eigenvalue weighted by molar-refractivity contribution is 0.0987. The van der Waals surface area contributed by atoms with Gasteiger partial charge in [0.05, 0.1) is 19.5 Å². The molecule has 1 aromatic heterocycles. The summed E-state index contributed by atoms with van der Waals surface area (Å²) in [5.74, 6) is 0.886. The van der Waals surface area contributed by atoms with E-state index in [-0.39, 0.29) is 23.7 Å². The van der Waals surface area contributed by atoms with Gasteiger partial charge in [-0.1, -0.05) is 20.8 Å². The van der Waals surface area contributed by atoms with Crippen molar-refractivity contribution in [1.82, 2.24) is 14.9 Å². The SMILES string of the molecule is CCC(=O)c1cc(COc2cnc(Nc3ccc(OCCN(CC)CC)cc3)nc2)c(F)c(OC)c1. The summed E-state index contributed by atoms with van der Waals surface area (Å²) in [5.41, 5.74) is 1.41. The molecule has 0 radical (unpaired) electrons. The van der Waals surface area contributed by atoms with Crippen LogP contribution in [0.2, 0.25) is 0 Å². The number of ketones is 1. The maximum atomic E-state index is 14.6. The second-order valence-corrected chi connectivity index (χ2v) is 7.98. The molecule has 9 heteroatoms. The molecule has 0 saturated heterocycles. The molecule has 3 aromatic rings. The van der Waals surface area contributed by atoms with Gasteiger partial charge in [0.25, 0.3) is 0 Å². The smallest absolute Gasteiger partial charge is 0.227 e. The molecule has 0 amide bonds. The van der Waals surface area contributed by atoms with Crippen molar-refractivity contribution in [3.05, 3.63) is 65.7 Å². The fourth-order valence-corrected chi connectivity index (χ4v) is 3.49. The number of benzene rings is 2. The number of likely N-dealkylation sites (N-methyl/N-ethyl adjacent to an activating group) is 1. The van der Waals surface area contributed by atoms with E-state index in [9.17, 15) is 9.18 Å². The first-order chi connectivity index (χ1) is 17.5. The third-order valence-corrected chi connectivity index (χ3v) is 5.68. The molecule has 0 unspecified atom stereocenters. The number of carbonyl (C=O) groups excluding carboxylic acids is 1. The zero-order valence-electron chi connectivity index (χ0n) is 21.2. The minimum Gasteiger partial charge on any atom is -0.494 e. The van der Waals surface area contributed by atoms with Crippen molar-refractivity contribution in [2.45, 2.75) is 33.8 Å². The summed E-state index contributed by atoms with van der Waals surface area (Å²) in [6, 6.07) is 10.4. The highest BCUT2D eigenvalue weighted by Gasteiger charge is 2.15. The molecular formula is C27H33FN4O4. The third-order valence-electron chi connectivity index (χ3n) is 5.68. The van der Waals surface area contributed by atoms with Gasteiger partial charge < -0.3 is 24.4 Å². The molecule has 0 atom stereocenters. The summed E-state index contributed by atoms with van der Waals surface area (Å²) in [5, 5.41) is 3.12. The van der Waals surface area contributed by atoms with Gasteiger partial charge in [0, 0.05) is 29.8 Å². The Morgan fingerprint density at radius 1 is 1.00 bits per heavy atom. The maximum Gasteiger partial charge on any atom is 0.227 e. The molecule has 1 N–H and O–H groups in total. The van der Waals surface area contributed by atoms with Gasteiger partial charge in [0.1, 0.15) is 19.0 Å². The molecule has 0 saturated carbocycles. The highest BCUT2D eigenvalue weighted by atomic mass is 19.1. The minimum atomic E-state index is -0.565. The van der Waals surface area contributed by atoms with Gasteiger partial charge in [-0.15, -0.1) is 0 Å². The second kappa shape index (κ2) is 13.4. The van der Waals surface area contributed by atoms with Crippen LogP contribution in [0.15, 0.2) is 48.8 Å².